The molecule has 0 saturated carbocycles. The molecule has 20 heavy (non-hydrogen) atoms. The van der Waals surface area contributed by atoms with Crippen molar-refractivity contribution < 1.29 is 0 Å². The predicted molar refractivity (Wildman–Crippen MR) is 79.5 cm³/mol. The first kappa shape index (κ1) is 12.9. The summed E-state index contributed by atoms with van der Waals surface area (Å²) < 4.78 is 2.15. The summed E-state index contributed by atoms with van der Waals surface area (Å²) in [6.45, 7) is 2.93. The summed E-state index contributed by atoms with van der Waals surface area (Å²) in [6.07, 6.45) is 0.489. The van der Waals surface area contributed by atoms with Crippen LogP contribution in [0.15, 0.2) is 29.4 Å². The molecule has 1 aromatic carbocycles. The number of para-hydroxylation sites is 1. The smallest absolute Gasteiger partial charge is 0.211 e. The molecule has 0 unspecified atom stereocenters. The van der Waals surface area contributed by atoms with Crippen molar-refractivity contribution in [3.8, 4) is 6.07 Å². The van der Waals surface area contributed by atoms with Gasteiger partial charge in [-0.1, -0.05) is 30.0 Å². The molecule has 0 atom stereocenters. The molecule has 0 fully saturated rings. The highest BCUT2D eigenvalue weighted by atomic mass is 32.2. The molecule has 0 saturated heterocycles. The maximum Gasteiger partial charge on any atom is 0.211 e. The quantitative estimate of drug-likeness (QED) is 0.544. The molecule has 3 aromatic rings. The van der Waals surface area contributed by atoms with E-state index in [1.54, 1.807) is 0 Å². The normalized spacial score (nSPS) is 11.0. The lowest BCUT2D eigenvalue weighted by Crippen LogP contribution is -1.98. The van der Waals surface area contributed by atoms with Gasteiger partial charge in [-0.05, 0) is 13.0 Å². The lowest BCUT2D eigenvalue weighted by Gasteiger charge is -2.02. The van der Waals surface area contributed by atoms with E-state index in [0.29, 0.717) is 17.3 Å². The van der Waals surface area contributed by atoms with E-state index in [2.05, 4.69) is 38.8 Å². The molecule has 2 aromatic heterocycles. The molecular formula is C14H13N5S. The fourth-order valence-electron chi connectivity index (χ4n) is 2.26. The van der Waals surface area contributed by atoms with Gasteiger partial charge in [-0.2, -0.15) is 5.26 Å². The van der Waals surface area contributed by atoms with Gasteiger partial charge in [0.1, 0.15) is 5.52 Å². The number of nitrogens with zero attached hydrogens (tertiary/aromatic N) is 5. The zero-order valence-electron chi connectivity index (χ0n) is 11.1. The largest absolute Gasteiger partial charge is 0.324 e. The highest BCUT2D eigenvalue weighted by Gasteiger charge is 2.13. The molecule has 0 aliphatic rings. The number of aromatic nitrogens is 4. The molecule has 0 amide bonds. The second-order valence-corrected chi connectivity index (χ2v) is 5.35. The van der Waals surface area contributed by atoms with Gasteiger partial charge in [0.05, 0.1) is 11.6 Å². The second-order valence-electron chi connectivity index (χ2n) is 4.28. The number of nitriles is 1. The van der Waals surface area contributed by atoms with E-state index >= 15 is 0 Å². The monoisotopic (exact) mass is 283 g/mol. The van der Waals surface area contributed by atoms with Crippen LogP contribution in [-0.4, -0.2) is 25.5 Å². The summed E-state index contributed by atoms with van der Waals surface area (Å²) in [4.78, 5) is 4.60. The second kappa shape index (κ2) is 5.47. The Balaban J connectivity index is 2.13. The minimum Gasteiger partial charge on any atom is -0.324 e. The van der Waals surface area contributed by atoms with Gasteiger partial charge in [0.25, 0.3) is 0 Å². The van der Waals surface area contributed by atoms with Gasteiger partial charge in [-0.25, -0.2) is 4.98 Å². The minimum atomic E-state index is 0.489. The Labute approximate surface area is 120 Å². The third kappa shape index (κ3) is 2.10. The van der Waals surface area contributed by atoms with Crippen molar-refractivity contribution >= 4 is 33.8 Å². The van der Waals surface area contributed by atoms with E-state index in [9.17, 15) is 0 Å². The molecule has 3 rings (SSSR count). The molecule has 0 bridgehead atoms. The number of rotatable bonds is 4. The first-order valence-electron chi connectivity index (χ1n) is 6.46. The van der Waals surface area contributed by atoms with Crippen molar-refractivity contribution in [1.82, 2.24) is 19.7 Å². The van der Waals surface area contributed by atoms with Crippen molar-refractivity contribution in [2.24, 2.45) is 0 Å². The van der Waals surface area contributed by atoms with Crippen molar-refractivity contribution in [3.63, 3.8) is 0 Å². The molecule has 0 aliphatic carbocycles. The van der Waals surface area contributed by atoms with Crippen molar-refractivity contribution in [3.05, 3.63) is 24.3 Å². The molecule has 0 N–H and O–H groups in total. The molecule has 100 valence electrons. The molecular weight excluding hydrogens is 270 g/mol. The highest BCUT2D eigenvalue weighted by Crippen LogP contribution is 2.26. The van der Waals surface area contributed by atoms with Gasteiger partial charge in [-0.3, -0.25) is 0 Å². The fraction of sp³-hybridized carbons (Fsp3) is 0.286. The van der Waals surface area contributed by atoms with Crippen LogP contribution in [0, 0.1) is 11.3 Å². The maximum absolute atomic E-state index is 8.57. The first-order chi connectivity index (χ1) is 9.85. The van der Waals surface area contributed by atoms with Crippen LogP contribution in [0.2, 0.25) is 0 Å². The Bertz CT molecular complexity index is 802. The molecule has 2 heterocycles. The van der Waals surface area contributed by atoms with Crippen LogP contribution in [-0.2, 0) is 6.54 Å². The lowest BCUT2D eigenvalue weighted by atomic mass is 10.2. The van der Waals surface area contributed by atoms with E-state index in [-0.39, 0.29) is 0 Å². The average Bonchev–Trinajstić information content (AvgIpc) is 2.80. The summed E-state index contributed by atoms with van der Waals surface area (Å²) in [5.41, 5.74) is 2.83. The molecule has 0 spiro atoms. The molecule has 5 nitrogen and oxygen atoms in total. The van der Waals surface area contributed by atoms with E-state index in [0.717, 1.165) is 28.6 Å². The minimum absolute atomic E-state index is 0.489. The third-order valence-electron chi connectivity index (χ3n) is 3.12. The number of hydrogen-bond donors (Lipinski definition) is 0. The molecule has 0 aliphatic heterocycles. The Kier molecular flexibility index (Phi) is 3.52. The van der Waals surface area contributed by atoms with Crippen LogP contribution < -0.4 is 0 Å². The number of aryl methyl sites for hydroxylation is 1. The Hall–Kier alpha value is -2.13. The van der Waals surface area contributed by atoms with Crippen molar-refractivity contribution in [2.45, 2.75) is 25.0 Å². The summed E-state index contributed by atoms with van der Waals surface area (Å²) in [5, 5.41) is 18.8. The zero-order chi connectivity index (χ0) is 13.9. The summed E-state index contributed by atoms with van der Waals surface area (Å²) >= 11 is 1.47. The van der Waals surface area contributed by atoms with Gasteiger partial charge in [0, 0.05) is 24.1 Å². The van der Waals surface area contributed by atoms with E-state index in [1.807, 2.05) is 18.2 Å². The van der Waals surface area contributed by atoms with Gasteiger partial charge in [-0.15, -0.1) is 10.2 Å². The van der Waals surface area contributed by atoms with Crippen LogP contribution in [0.25, 0.3) is 22.1 Å². The topological polar surface area (TPSA) is 67.4 Å². The van der Waals surface area contributed by atoms with Gasteiger partial charge >= 0.3 is 0 Å². The fourth-order valence-corrected chi connectivity index (χ4v) is 2.88. The summed E-state index contributed by atoms with van der Waals surface area (Å²) in [5.74, 6) is 0.691. The third-order valence-corrected chi connectivity index (χ3v) is 3.96. The number of thioether (sulfide) groups is 1. The van der Waals surface area contributed by atoms with Crippen LogP contribution in [0.3, 0.4) is 0 Å². The molecule has 0 radical (unpaired) electrons. The van der Waals surface area contributed by atoms with Gasteiger partial charge in [0.2, 0.25) is 5.16 Å². The zero-order valence-corrected chi connectivity index (χ0v) is 11.9. The lowest BCUT2D eigenvalue weighted by molar-refractivity contribution is 0.789. The molecule has 6 heteroatoms. The van der Waals surface area contributed by atoms with E-state index in [1.165, 1.54) is 11.8 Å². The van der Waals surface area contributed by atoms with Crippen LogP contribution in [0.5, 0.6) is 0 Å². The Morgan fingerprint density at radius 3 is 2.95 bits per heavy atom. The van der Waals surface area contributed by atoms with Gasteiger partial charge in [0.15, 0.2) is 5.65 Å². The van der Waals surface area contributed by atoms with Crippen LogP contribution in [0.1, 0.15) is 13.3 Å². The predicted octanol–water partition coefficient (Wildman–Crippen LogP) is 3.01. The van der Waals surface area contributed by atoms with E-state index in [4.69, 9.17) is 5.26 Å². The maximum atomic E-state index is 8.57. The Morgan fingerprint density at radius 2 is 2.15 bits per heavy atom. The first-order valence-corrected chi connectivity index (χ1v) is 7.45. The highest BCUT2D eigenvalue weighted by molar-refractivity contribution is 7.99. The van der Waals surface area contributed by atoms with Crippen molar-refractivity contribution in [1.29, 1.82) is 5.26 Å². The van der Waals surface area contributed by atoms with Crippen molar-refractivity contribution in [2.75, 3.05) is 5.75 Å². The number of fused-ring (bicyclic) bond motifs is 3. The summed E-state index contributed by atoms with van der Waals surface area (Å²) in [6, 6.07) is 10.3. The van der Waals surface area contributed by atoms with Crippen LogP contribution in [0.4, 0.5) is 0 Å². The number of hydrogen-bond acceptors (Lipinski definition) is 5. The van der Waals surface area contributed by atoms with Gasteiger partial charge < -0.3 is 4.57 Å². The average molecular weight is 283 g/mol. The number of benzene rings is 1. The standard InChI is InChI=1S/C14H13N5S/c1-2-19-11-7-4-3-6-10(11)12-13(19)16-14(18-17-12)20-9-5-8-15/h3-4,6-7H,2,5,9H2,1H3. The van der Waals surface area contributed by atoms with Crippen LogP contribution >= 0.6 is 11.8 Å². The Morgan fingerprint density at radius 1 is 1.30 bits per heavy atom. The summed E-state index contributed by atoms with van der Waals surface area (Å²) in [7, 11) is 0. The van der Waals surface area contributed by atoms with E-state index < -0.39 is 0 Å². The SMILES string of the molecule is CCn1c2ccccc2c2nnc(SCCC#N)nc21.